The smallest absolute Gasteiger partial charge is 0.146 e. The van der Waals surface area contributed by atoms with Crippen molar-refractivity contribution in [2.75, 3.05) is 18.4 Å². The molecule has 3 rings (SSSR count). The maximum atomic E-state index is 4.74. The van der Waals surface area contributed by atoms with Crippen molar-refractivity contribution in [3.63, 3.8) is 0 Å². The molecule has 1 aliphatic rings. The predicted molar refractivity (Wildman–Crippen MR) is 85.3 cm³/mol. The minimum atomic E-state index is 0.764. The number of thiophene rings is 1. The summed E-state index contributed by atoms with van der Waals surface area (Å²) in [5, 5.41) is 6.60. The lowest BCUT2D eigenvalue weighted by molar-refractivity contribution is 0.249. The van der Waals surface area contributed by atoms with Crippen LogP contribution in [0.4, 0.5) is 5.82 Å². The first kappa shape index (κ1) is 13.8. The molecular weight excluding hydrogens is 268 g/mol. The van der Waals surface area contributed by atoms with Gasteiger partial charge in [-0.2, -0.15) is 0 Å². The van der Waals surface area contributed by atoms with Crippen LogP contribution < -0.4 is 5.32 Å². The zero-order valence-corrected chi connectivity index (χ0v) is 13.0. The molecule has 0 saturated heterocycles. The number of hydrogen-bond donors (Lipinski definition) is 1. The second-order valence-corrected chi connectivity index (χ2v) is 6.25. The van der Waals surface area contributed by atoms with Crippen LogP contribution in [0, 0.1) is 0 Å². The van der Waals surface area contributed by atoms with Gasteiger partial charge in [0.1, 0.15) is 16.5 Å². The maximum Gasteiger partial charge on any atom is 0.146 e. The largest absolute Gasteiger partial charge is 0.370 e. The fraction of sp³-hybridized carbons (Fsp3) is 0.600. The summed E-state index contributed by atoms with van der Waals surface area (Å²) < 4.78 is 0. The highest BCUT2D eigenvalue weighted by Crippen LogP contribution is 2.29. The summed E-state index contributed by atoms with van der Waals surface area (Å²) in [5.74, 6) is 1.94. The van der Waals surface area contributed by atoms with Crippen LogP contribution in [0.5, 0.6) is 0 Å². The van der Waals surface area contributed by atoms with Crippen LogP contribution in [0.1, 0.15) is 38.9 Å². The highest BCUT2D eigenvalue weighted by molar-refractivity contribution is 7.16. The number of nitrogens with zero attached hydrogens (tertiary/aromatic N) is 3. The fourth-order valence-corrected chi connectivity index (χ4v) is 3.35. The standard InChI is InChI=1S/C15H22N4S/c1-3-8-19(11-5-6-11)10-13-17-14(16-4-2)12-7-9-20-15(12)18-13/h7,9,11H,3-6,8,10H2,1-2H3,(H,16,17,18). The molecule has 5 heteroatoms. The molecule has 1 aliphatic carbocycles. The number of hydrogen-bond acceptors (Lipinski definition) is 5. The van der Waals surface area contributed by atoms with Crippen molar-refractivity contribution in [2.24, 2.45) is 0 Å². The van der Waals surface area contributed by atoms with Gasteiger partial charge in [-0.1, -0.05) is 6.92 Å². The molecule has 1 fully saturated rings. The summed E-state index contributed by atoms with van der Waals surface area (Å²) in [6, 6.07) is 2.87. The van der Waals surface area contributed by atoms with E-state index in [1.54, 1.807) is 11.3 Å². The molecule has 0 atom stereocenters. The van der Waals surface area contributed by atoms with Crippen molar-refractivity contribution in [3.05, 3.63) is 17.3 Å². The lowest BCUT2D eigenvalue weighted by Crippen LogP contribution is -2.27. The minimum absolute atomic E-state index is 0.764. The van der Waals surface area contributed by atoms with E-state index in [4.69, 9.17) is 9.97 Å². The summed E-state index contributed by atoms with van der Waals surface area (Å²) in [4.78, 5) is 13.1. The first-order valence-corrected chi connectivity index (χ1v) is 8.41. The second kappa shape index (κ2) is 6.06. The van der Waals surface area contributed by atoms with E-state index in [1.807, 2.05) is 0 Å². The number of fused-ring (bicyclic) bond motifs is 1. The Hall–Kier alpha value is -1.20. The monoisotopic (exact) mass is 290 g/mol. The molecule has 0 spiro atoms. The molecule has 2 heterocycles. The number of rotatable bonds is 7. The topological polar surface area (TPSA) is 41.1 Å². The molecule has 20 heavy (non-hydrogen) atoms. The third kappa shape index (κ3) is 2.94. The predicted octanol–water partition coefficient (Wildman–Crippen LogP) is 3.50. The molecule has 0 aliphatic heterocycles. The van der Waals surface area contributed by atoms with Crippen LogP contribution >= 0.6 is 11.3 Å². The van der Waals surface area contributed by atoms with Gasteiger partial charge in [0.25, 0.3) is 0 Å². The van der Waals surface area contributed by atoms with Gasteiger partial charge in [0.05, 0.1) is 11.9 Å². The number of aromatic nitrogens is 2. The molecule has 4 nitrogen and oxygen atoms in total. The van der Waals surface area contributed by atoms with Gasteiger partial charge < -0.3 is 5.32 Å². The minimum Gasteiger partial charge on any atom is -0.370 e. The van der Waals surface area contributed by atoms with Crippen LogP contribution in [0.15, 0.2) is 11.4 Å². The molecule has 0 amide bonds. The Labute approximate surface area is 124 Å². The van der Waals surface area contributed by atoms with Crippen molar-refractivity contribution in [1.29, 1.82) is 0 Å². The molecule has 0 bridgehead atoms. The Morgan fingerprint density at radius 1 is 1.35 bits per heavy atom. The van der Waals surface area contributed by atoms with Crippen molar-refractivity contribution in [1.82, 2.24) is 14.9 Å². The normalized spacial score (nSPS) is 15.2. The van der Waals surface area contributed by atoms with Crippen LogP contribution in [0.25, 0.3) is 10.2 Å². The van der Waals surface area contributed by atoms with E-state index in [1.165, 1.54) is 19.3 Å². The Balaban J connectivity index is 1.86. The van der Waals surface area contributed by atoms with Crippen LogP contribution in [0.2, 0.25) is 0 Å². The molecule has 0 radical (unpaired) electrons. The number of anilines is 1. The van der Waals surface area contributed by atoms with Gasteiger partial charge in [0, 0.05) is 12.6 Å². The summed E-state index contributed by atoms with van der Waals surface area (Å²) >= 11 is 1.70. The highest BCUT2D eigenvalue weighted by Gasteiger charge is 2.29. The molecule has 0 unspecified atom stereocenters. The van der Waals surface area contributed by atoms with Gasteiger partial charge in [-0.15, -0.1) is 11.3 Å². The van der Waals surface area contributed by atoms with Gasteiger partial charge in [0.2, 0.25) is 0 Å². The molecule has 2 aromatic heterocycles. The highest BCUT2D eigenvalue weighted by atomic mass is 32.1. The summed E-state index contributed by atoms with van der Waals surface area (Å²) in [6.07, 6.45) is 3.86. The third-order valence-electron chi connectivity index (χ3n) is 3.63. The van der Waals surface area contributed by atoms with E-state index >= 15 is 0 Å². The van der Waals surface area contributed by atoms with Gasteiger partial charge in [-0.25, -0.2) is 9.97 Å². The Morgan fingerprint density at radius 2 is 2.20 bits per heavy atom. The SMILES string of the molecule is CCCN(Cc1nc(NCC)c2ccsc2n1)C1CC1. The first-order valence-electron chi connectivity index (χ1n) is 7.53. The zero-order valence-electron chi connectivity index (χ0n) is 12.2. The van der Waals surface area contributed by atoms with Gasteiger partial charge >= 0.3 is 0 Å². The molecule has 1 saturated carbocycles. The maximum absolute atomic E-state index is 4.74. The second-order valence-electron chi connectivity index (χ2n) is 5.36. The van der Waals surface area contributed by atoms with Crippen molar-refractivity contribution < 1.29 is 0 Å². The summed E-state index contributed by atoms with van der Waals surface area (Å²) in [7, 11) is 0. The summed E-state index contributed by atoms with van der Waals surface area (Å²) in [5.41, 5.74) is 0. The van der Waals surface area contributed by atoms with E-state index in [2.05, 4.69) is 35.5 Å². The first-order chi connectivity index (χ1) is 9.81. The average Bonchev–Trinajstić information content (AvgIpc) is 3.17. The average molecular weight is 290 g/mol. The quantitative estimate of drug-likeness (QED) is 0.847. The van der Waals surface area contributed by atoms with Crippen molar-refractivity contribution in [3.8, 4) is 0 Å². The molecular formula is C15H22N4S. The van der Waals surface area contributed by atoms with Crippen molar-refractivity contribution >= 4 is 27.4 Å². The van der Waals surface area contributed by atoms with Gasteiger partial charge in [-0.05, 0) is 44.2 Å². The lowest BCUT2D eigenvalue weighted by atomic mass is 10.3. The fourth-order valence-electron chi connectivity index (χ4n) is 2.57. The summed E-state index contributed by atoms with van der Waals surface area (Å²) in [6.45, 7) is 7.26. The van der Waals surface area contributed by atoms with Crippen LogP contribution in [0.3, 0.4) is 0 Å². The van der Waals surface area contributed by atoms with E-state index in [9.17, 15) is 0 Å². The van der Waals surface area contributed by atoms with Crippen molar-refractivity contribution in [2.45, 2.75) is 45.7 Å². The molecule has 2 aromatic rings. The Bertz CT molecular complexity index is 576. The Kier molecular flexibility index (Phi) is 4.17. The molecule has 1 N–H and O–H groups in total. The molecule has 0 aromatic carbocycles. The van der Waals surface area contributed by atoms with E-state index in [0.29, 0.717) is 0 Å². The molecule has 108 valence electrons. The Morgan fingerprint density at radius 3 is 2.90 bits per heavy atom. The third-order valence-corrected chi connectivity index (χ3v) is 4.44. The van der Waals surface area contributed by atoms with E-state index in [-0.39, 0.29) is 0 Å². The lowest BCUT2D eigenvalue weighted by Gasteiger charge is -2.20. The zero-order chi connectivity index (χ0) is 13.9. The van der Waals surface area contributed by atoms with Crippen LogP contribution in [-0.4, -0.2) is 34.0 Å². The van der Waals surface area contributed by atoms with E-state index < -0.39 is 0 Å². The van der Waals surface area contributed by atoms with Crippen LogP contribution in [-0.2, 0) is 6.54 Å². The van der Waals surface area contributed by atoms with Gasteiger partial charge in [0.15, 0.2) is 0 Å². The van der Waals surface area contributed by atoms with Gasteiger partial charge in [-0.3, -0.25) is 4.90 Å². The van der Waals surface area contributed by atoms with E-state index in [0.717, 1.165) is 47.5 Å². The number of nitrogens with one attached hydrogen (secondary N) is 1.